The molecule has 0 spiro atoms. The minimum Gasteiger partial charge on any atom is -0.313 e. The summed E-state index contributed by atoms with van der Waals surface area (Å²) >= 11 is 11.9. The molecule has 1 N–H and O–H groups in total. The zero-order chi connectivity index (χ0) is 9.14. The molecule has 0 amide bonds. The predicted molar refractivity (Wildman–Crippen MR) is 53.9 cm³/mol. The number of halogens is 2. The van der Waals surface area contributed by atoms with Gasteiger partial charge < -0.3 is 5.32 Å². The van der Waals surface area contributed by atoms with Crippen LogP contribution in [-0.4, -0.2) is 7.05 Å². The van der Waals surface area contributed by atoms with E-state index >= 15 is 0 Å². The lowest BCUT2D eigenvalue weighted by Gasteiger charge is -2.12. The zero-order valence-corrected chi connectivity index (χ0v) is 8.58. The maximum absolute atomic E-state index is 5.99. The number of hydrogen-bond acceptors (Lipinski definition) is 1. The van der Waals surface area contributed by atoms with Crippen LogP contribution in [0.1, 0.15) is 18.5 Å². The second-order valence-corrected chi connectivity index (χ2v) is 3.44. The highest BCUT2D eigenvalue weighted by Gasteiger charge is 2.08. The maximum Gasteiger partial charge on any atom is 0.0639 e. The van der Waals surface area contributed by atoms with Gasteiger partial charge in [-0.2, -0.15) is 0 Å². The van der Waals surface area contributed by atoms with E-state index in [4.69, 9.17) is 23.2 Å². The van der Waals surface area contributed by atoms with Crippen molar-refractivity contribution in [2.45, 2.75) is 13.0 Å². The second-order valence-electron chi connectivity index (χ2n) is 2.65. The molecule has 0 saturated carbocycles. The van der Waals surface area contributed by atoms with Crippen LogP contribution in [0.15, 0.2) is 18.2 Å². The topological polar surface area (TPSA) is 12.0 Å². The quantitative estimate of drug-likeness (QED) is 0.779. The third-order valence-corrected chi connectivity index (χ3v) is 2.71. The van der Waals surface area contributed by atoms with E-state index in [1.54, 1.807) is 6.07 Å². The molecule has 0 aliphatic heterocycles. The molecule has 0 aromatic heterocycles. The number of benzene rings is 1. The molecule has 0 aliphatic carbocycles. The molecule has 0 unspecified atom stereocenters. The van der Waals surface area contributed by atoms with Crippen LogP contribution in [0.2, 0.25) is 10.0 Å². The van der Waals surface area contributed by atoms with Gasteiger partial charge in [0, 0.05) is 6.04 Å². The summed E-state index contributed by atoms with van der Waals surface area (Å²) in [6.07, 6.45) is 0. The van der Waals surface area contributed by atoms with Gasteiger partial charge in [-0.1, -0.05) is 35.3 Å². The van der Waals surface area contributed by atoms with E-state index in [0.717, 1.165) is 5.56 Å². The fraction of sp³-hybridized carbons (Fsp3) is 0.333. The first-order valence-electron chi connectivity index (χ1n) is 3.78. The molecular weight excluding hydrogens is 193 g/mol. The molecule has 1 atom stereocenters. The molecule has 66 valence electrons. The van der Waals surface area contributed by atoms with Gasteiger partial charge >= 0.3 is 0 Å². The van der Waals surface area contributed by atoms with Crippen LogP contribution in [-0.2, 0) is 0 Å². The van der Waals surface area contributed by atoms with E-state index in [0.29, 0.717) is 10.0 Å². The van der Waals surface area contributed by atoms with Gasteiger partial charge in [0.2, 0.25) is 0 Å². The van der Waals surface area contributed by atoms with E-state index < -0.39 is 0 Å². The summed E-state index contributed by atoms with van der Waals surface area (Å²) in [5.41, 5.74) is 1.03. The number of hydrogen-bond donors (Lipinski definition) is 1. The first kappa shape index (κ1) is 9.85. The average Bonchev–Trinajstić information content (AvgIpc) is 2.08. The molecule has 3 heteroatoms. The van der Waals surface area contributed by atoms with Gasteiger partial charge in [-0.3, -0.25) is 0 Å². The molecular formula is C9H11Cl2N. The first-order valence-corrected chi connectivity index (χ1v) is 4.53. The molecule has 12 heavy (non-hydrogen) atoms. The highest BCUT2D eigenvalue weighted by atomic mass is 35.5. The maximum atomic E-state index is 5.99. The van der Waals surface area contributed by atoms with Crippen LogP contribution in [0.3, 0.4) is 0 Å². The van der Waals surface area contributed by atoms with Gasteiger partial charge in [0.1, 0.15) is 0 Å². The Morgan fingerprint density at radius 1 is 1.33 bits per heavy atom. The SMILES string of the molecule is CN[C@@H](C)c1cccc(Cl)c1Cl. The molecule has 0 bridgehead atoms. The van der Waals surface area contributed by atoms with E-state index in [1.165, 1.54) is 0 Å². The number of rotatable bonds is 2. The zero-order valence-electron chi connectivity index (χ0n) is 7.07. The molecule has 1 nitrogen and oxygen atoms in total. The summed E-state index contributed by atoms with van der Waals surface area (Å²) in [6.45, 7) is 2.04. The van der Waals surface area contributed by atoms with Gasteiger partial charge in [0.05, 0.1) is 10.0 Å². The van der Waals surface area contributed by atoms with Crippen molar-refractivity contribution in [1.82, 2.24) is 5.32 Å². The summed E-state index contributed by atoms with van der Waals surface area (Å²) in [4.78, 5) is 0. The van der Waals surface area contributed by atoms with Crippen LogP contribution < -0.4 is 5.32 Å². The van der Waals surface area contributed by atoms with Gasteiger partial charge in [-0.05, 0) is 25.6 Å². The second kappa shape index (κ2) is 4.13. The summed E-state index contributed by atoms with van der Waals surface area (Å²) in [5, 5.41) is 4.35. The van der Waals surface area contributed by atoms with Crippen LogP contribution in [0.5, 0.6) is 0 Å². The molecule has 1 aromatic rings. The lowest BCUT2D eigenvalue weighted by Crippen LogP contribution is -2.12. The predicted octanol–water partition coefficient (Wildman–Crippen LogP) is 3.27. The van der Waals surface area contributed by atoms with Gasteiger partial charge in [0.25, 0.3) is 0 Å². The Labute approximate surface area is 82.7 Å². The molecule has 0 saturated heterocycles. The molecule has 1 rings (SSSR count). The molecule has 0 radical (unpaired) electrons. The smallest absolute Gasteiger partial charge is 0.0639 e. The van der Waals surface area contributed by atoms with Crippen molar-refractivity contribution in [3.8, 4) is 0 Å². The van der Waals surface area contributed by atoms with E-state index in [9.17, 15) is 0 Å². The molecule has 1 aromatic carbocycles. The van der Waals surface area contributed by atoms with Crippen molar-refractivity contribution in [3.63, 3.8) is 0 Å². The Morgan fingerprint density at radius 2 is 2.00 bits per heavy atom. The normalized spacial score (nSPS) is 13.0. The highest BCUT2D eigenvalue weighted by molar-refractivity contribution is 6.42. The summed E-state index contributed by atoms with van der Waals surface area (Å²) < 4.78 is 0. The minimum atomic E-state index is 0.233. The van der Waals surface area contributed by atoms with Crippen LogP contribution in [0, 0.1) is 0 Å². The van der Waals surface area contributed by atoms with E-state index in [2.05, 4.69) is 5.32 Å². The Kier molecular flexibility index (Phi) is 3.39. The van der Waals surface area contributed by atoms with E-state index in [-0.39, 0.29) is 6.04 Å². The van der Waals surface area contributed by atoms with Crippen LogP contribution in [0.4, 0.5) is 0 Å². The van der Waals surface area contributed by atoms with Crippen LogP contribution >= 0.6 is 23.2 Å². The standard InChI is InChI=1S/C9H11Cl2N/c1-6(12-2)7-4-3-5-8(10)9(7)11/h3-6,12H,1-2H3/t6-/m0/s1. The van der Waals surface area contributed by atoms with Gasteiger partial charge in [0.15, 0.2) is 0 Å². The first-order chi connectivity index (χ1) is 5.66. The van der Waals surface area contributed by atoms with Crippen molar-refractivity contribution in [2.75, 3.05) is 7.05 Å². The summed E-state index contributed by atoms with van der Waals surface area (Å²) in [7, 11) is 1.89. The molecule has 0 heterocycles. The van der Waals surface area contributed by atoms with Crippen molar-refractivity contribution in [1.29, 1.82) is 0 Å². The number of nitrogens with one attached hydrogen (secondary N) is 1. The van der Waals surface area contributed by atoms with Crippen molar-refractivity contribution >= 4 is 23.2 Å². The Hall–Kier alpha value is -0.240. The van der Waals surface area contributed by atoms with E-state index in [1.807, 2.05) is 26.1 Å². The Bertz CT molecular complexity index is 273. The third-order valence-electron chi connectivity index (χ3n) is 1.88. The lowest BCUT2D eigenvalue weighted by molar-refractivity contribution is 0.652. The molecule has 0 aliphatic rings. The van der Waals surface area contributed by atoms with Crippen LogP contribution in [0.25, 0.3) is 0 Å². The molecule has 0 fully saturated rings. The fourth-order valence-corrected chi connectivity index (χ4v) is 1.48. The van der Waals surface area contributed by atoms with Crippen molar-refractivity contribution in [2.24, 2.45) is 0 Å². The van der Waals surface area contributed by atoms with Crippen molar-refractivity contribution < 1.29 is 0 Å². The minimum absolute atomic E-state index is 0.233. The fourth-order valence-electron chi connectivity index (χ4n) is 1.01. The van der Waals surface area contributed by atoms with Crippen molar-refractivity contribution in [3.05, 3.63) is 33.8 Å². The Morgan fingerprint density at radius 3 is 2.58 bits per heavy atom. The highest BCUT2D eigenvalue weighted by Crippen LogP contribution is 2.29. The lowest BCUT2D eigenvalue weighted by atomic mass is 10.1. The summed E-state index contributed by atoms with van der Waals surface area (Å²) in [6, 6.07) is 5.89. The average molecular weight is 204 g/mol. The van der Waals surface area contributed by atoms with Gasteiger partial charge in [-0.15, -0.1) is 0 Å². The largest absolute Gasteiger partial charge is 0.313 e. The monoisotopic (exact) mass is 203 g/mol. The summed E-state index contributed by atoms with van der Waals surface area (Å²) in [5.74, 6) is 0. The third kappa shape index (κ3) is 1.92. The van der Waals surface area contributed by atoms with Gasteiger partial charge in [-0.25, -0.2) is 0 Å². The Balaban J connectivity index is 3.07.